The summed E-state index contributed by atoms with van der Waals surface area (Å²) >= 11 is 1.34. The van der Waals surface area contributed by atoms with Crippen molar-refractivity contribution in [3.05, 3.63) is 41.8 Å². The van der Waals surface area contributed by atoms with Crippen LogP contribution in [-0.2, 0) is 0 Å². The first kappa shape index (κ1) is 13.2. The fourth-order valence-corrected chi connectivity index (χ4v) is 3.08. The van der Waals surface area contributed by atoms with Crippen LogP contribution in [0.2, 0.25) is 0 Å². The average Bonchev–Trinajstić information content (AvgIpc) is 3.01. The fraction of sp³-hybridized carbons (Fsp3) is 0. The Morgan fingerprint density at radius 3 is 2.71 bits per heavy atom. The quantitative estimate of drug-likeness (QED) is 0.676. The monoisotopic (exact) mass is 301 g/mol. The lowest BCUT2D eigenvalue weighted by Gasteiger charge is -2.03. The molecular weight excluding hydrogens is 290 g/mol. The highest BCUT2D eigenvalue weighted by atomic mass is 32.1. The molecule has 21 heavy (non-hydrogen) atoms. The third kappa shape index (κ3) is 2.34. The smallest absolute Gasteiger partial charge is 0.409 e. The summed E-state index contributed by atoms with van der Waals surface area (Å²) in [5.41, 5.74) is 7.30. The number of hydrogen-bond acceptors (Lipinski definition) is 3. The lowest BCUT2D eigenvalue weighted by molar-refractivity contribution is 0.209. The van der Waals surface area contributed by atoms with Gasteiger partial charge in [-0.05, 0) is 18.2 Å². The molecule has 0 radical (unpaired) electrons. The number of anilines is 1. The molecule has 1 aromatic carbocycles. The molecule has 106 valence electrons. The minimum Gasteiger partial charge on any atom is -0.465 e. The summed E-state index contributed by atoms with van der Waals surface area (Å²) in [6.07, 6.45) is -1.13. The summed E-state index contributed by atoms with van der Waals surface area (Å²) in [5.74, 6) is 0. The zero-order valence-electron chi connectivity index (χ0n) is 10.7. The number of carbonyl (C=O) groups excluding carboxylic acids is 1. The van der Waals surface area contributed by atoms with E-state index in [1.165, 1.54) is 15.9 Å². The van der Waals surface area contributed by atoms with Gasteiger partial charge < -0.3 is 10.8 Å². The van der Waals surface area contributed by atoms with Crippen LogP contribution in [0.1, 0.15) is 0 Å². The van der Waals surface area contributed by atoms with Crippen LogP contribution in [0.4, 0.5) is 15.3 Å². The molecule has 6 nitrogen and oxygen atoms in total. The topological polar surface area (TPSA) is 97.4 Å². The van der Waals surface area contributed by atoms with Gasteiger partial charge in [-0.25, -0.2) is 9.59 Å². The van der Waals surface area contributed by atoms with Gasteiger partial charge in [0.05, 0.1) is 21.8 Å². The van der Waals surface area contributed by atoms with Crippen molar-refractivity contribution >= 4 is 40.1 Å². The molecule has 7 heteroatoms. The summed E-state index contributed by atoms with van der Waals surface area (Å²) in [6.45, 7) is 0. The average molecular weight is 301 g/mol. The second-order valence-electron chi connectivity index (χ2n) is 4.39. The Labute approximate surface area is 123 Å². The molecule has 3 rings (SSSR count). The molecule has 2 aromatic heterocycles. The van der Waals surface area contributed by atoms with Crippen molar-refractivity contribution < 1.29 is 14.7 Å². The van der Waals surface area contributed by atoms with E-state index in [0.29, 0.717) is 11.4 Å². The number of para-hydroxylation sites is 1. The standard InChI is InChI=1S/C14H11N3O3S/c15-13(18)17-10-4-2-1-3-8(10)5-11(17)12-6-9(7-21-12)16-14(19)20/h1-7,16H,(H2,15,18)(H,19,20). The van der Waals surface area contributed by atoms with Crippen LogP contribution < -0.4 is 11.1 Å². The molecule has 0 bridgehead atoms. The van der Waals surface area contributed by atoms with E-state index >= 15 is 0 Å². The molecule has 0 atom stereocenters. The zero-order chi connectivity index (χ0) is 15.0. The molecule has 4 N–H and O–H groups in total. The normalized spacial score (nSPS) is 10.7. The first-order valence-corrected chi connectivity index (χ1v) is 6.93. The van der Waals surface area contributed by atoms with Gasteiger partial charge in [0.25, 0.3) is 0 Å². The number of carbonyl (C=O) groups is 2. The molecule has 0 aliphatic rings. The SMILES string of the molecule is NC(=O)n1c(-c2cc(NC(=O)O)cs2)cc2ccccc21. The minimum atomic E-state index is -1.13. The summed E-state index contributed by atoms with van der Waals surface area (Å²) in [6, 6.07) is 10.4. The first-order chi connectivity index (χ1) is 10.1. The van der Waals surface area contributed by atoms with E-state index in [1.54, 1.807) is 11.4 Å². The van der Waals surface area contributed by atoms with E-state index in [4.69, 9.17) is 10.8 Å². The molecular formula is C14H11N3O3S. The third-order valence-electron chi connectivity index (χ3n) is 3.03. The van der Waals surface area contributed by atoms with E-state index in [2.05, 4.69) is 5.32 Å². The Morgan fingerprint density at radius 1 is 1.24 bits per heavy atom. The molecule has 0 aliphatic carbocycles. The van der Waals surface area contributed by atoms with E-state index in [0.717, 1.165) is 15.8 Å². The van der Waals surface area contributed by atoms with Gasteiger partial charge in [-0.2, -0.15) is 0 Å². The lowest BCUT2D eigenvalue weighted by atomic mass is 10.2. The number of aromatic nitrogens is 1. The number of rotatable bonds is 2. The molecule has 0 saturated heterocycles. The molecule has 0 spiro atoms. The molecule has 0 fully saturated rings. The third-order valence-corrected chi connectivity index (χ3v) is 3.99. The Kier molecular flexibility index (Phi) is 3.11. The molecule has 0 saturated carbocycles. The van der Waals surface area contributed by atoms with Crippen LogP contribution in [0.25, 0.3) is 21.5 Å². The van der Waals surface area contributed by atoms with Crippen LogP contribution in [-0.4, -0.2) is 21.8 Å². The van der Waals surface area contributed by atoms with Crippen molar-refractivity contribution in [3.8, 4) is 10.6 Å². The van der Waals surface area contributed by atoms with Crippen molar-refractivity contribution in [1.29, 1.82) is 0 Å². The second-order valence-corrected chi connectivity index (χ2v) is 5.30. The molecule has 2 amide bonds. The van der Waals surface area contributed by atoms with Crippen LogP contribution in [0, 0.1) is 0 Å². The summed E-state index contributed by atoms with van der Waals surface area (Å²) < 4.78 is 1.42. The van der Waals surface area contributed by atoms with Gasteiger partial charge in [-0.15, -0.1) is 11.3 Å². The van der Waals surface area contributed by atoms with Crippen molar-refractivity contribution in [2.75, 3.05) is 5.32 Å². The number of nitrogens with one attached hydrogen (secondary N) is 1. The molecule has 2 heterocycles. The van der Waals surface area contributed by atoms with Gasteiger partial charge in [0.1, 0.15) is 0 Å². The lowest BCUT2D eigenvalue weighted by Crippen LogP contribution is -2.19. The molecule has 3 aromatic rings. The Balaban J connectivity index is 2.15. The number of nitrogens with zero attached hydrogens (tertiary/aromatic N) is 1. The maximum absolute atomic E-state index is 11.7. The van der Waals surface area contributed by atoms with Gasteiger partial charge >= 0.3 is 12.1 Å². The summed E-state index contributed by atoms with van der Waals surface area (Å²) in [7, 11) is 0. The van der Waals surface area contributed by atoms with Crippen LogP contribution in [0.5, 0.6) is 0 Å². The van der Waals surface area contributed by atoms with E-state index in [9.17, 15) is 9.59 Å². The largest absolute Gasteiger partial charge is 0.465 e. The van der Waals surface area contributed by atoms with Crippen LogP contribution >= 0.6 is 11.3 Å². The van der Waals surface area contributed by atoms with Crippen molar-refractivity contribution in [2.24, 2.45) is 5.73 Å². The second kappa shape index (κ2) is 4.95. The van der Waals surface area contributed by atoms with Gasteiger partial charge in [-0.3, -0.25) is 9.88 Å². The highest BCUT2D eigenvalue weighted by Crippen LogP contribution is 2.33. The Bertz CT molecular complexity index is 850. The van der Waals surface area contributed by atoms with E-state index in [1.807, 2.05) is 30.3 Å². The number of carboxylic acid groups (broad SMARTS) is 1. The van der Waals surface area contributed by atoms with Crippen LogP contribution in [0.3, 0.4) is 0 Å². The number of primary amides is 1. The molecule has 0 unspecified atom stereocenters. The number of hydrogen-bond donors (Lipinski definition) is 3. The fourth-order valence-electron chi connectivity index (χ4n) is 2.23. The van der Waals surface area contributed by atoms with E-state index < -0.39 is 12.1 Å². The van der Waals surface area contributed by atoms with Crippen LogP contribution in [0.15, 0.2) is 41.8 Å². The van der Waals surface area contributed by atoms with Crippen molar-refractivity contribution in [3.63, 3.8) is 0 Å². The predicted octanol–water partition coefficient (Wildman–Crippen LogP) is 3.39. The van der Waals surface area contributed by atoms with Crippen molar-refractivity contribution in [1.82, 2.24) is 4.57 Å². The maximum Gasteiger partial charge on any atom is 0.409 e. The number of benzene rings is 1. The Hall–Kier alpha value is -2.80. The number of thiophene rings is 1. The number of nitrogens with two attached hydrogens (primary N) is 1. The van der Waals surface area contributed by atoms with Gasteiger partial charge in [0.15, 0.2) is 0 Å². The maximum atomic E-state index is 11.7. The van der Waals surface area contributed by atoms with E-state index in [-0.39, 0.29) is 0 Å². The summed E-state index contributed by atoms with van der Waals surface area (Å²) in [5, 5.41) is 13.6. The zero-order valence-corrected chi connectivity index (χ0v) is 11.6. The molecule has 0 aliphatic heterocycles. The first-order valence-electron chi connectivity index (χ1n) is 6.05. The minimum absolute atomic E-state index is 0.462. The highest BCUT2D eigenvalue weighted by molar-refractivity contribution is 7.14. The van der Waals surface area contributed by atoms with Gasteiger partial charge in [0, 0.05) is 10.8 Å². The van der Waals surface area contributed by atoms with Crippen molar-refractivity contribution in [2.45, 2.75) is 0 Å². The highest BCUT2D eigenvalue weighted by Gasteiger charge is 2.15. The predicted molar refractivity (Wildman–Crippen MR) is 81.9 cm³/mol. The van der Waals surface area contributed by atoms with Gasteiger partial charge in [-0.1, -0.05) is 18.2 Å². The Morgan fingerprint density at radius 2 is 2.00 bits per heavy atom. The summed E-state index contributed by atoms with van der Waals surface area (Å²) in [4.78, 5) is 23.1. The number of amides is 2. The van der Waals surface area contributed by atoms with Gasteiger partial charge in [0.2, 0.25) is 0 Å². The number of fused-ring (bicyclic) bond motifs is 1.